The zero-order valence-corrected chi connectivity index (χ0v) is 15.7. The van der Waals surface area contributed by atoms with E-state index in [4.69, 9.17) is 15.2 Å². The van der Waals surface area contributed by atoms with Crippen LogP contribution in [-0.4, -0.2) is 43.8 Å². The molecule has 0 spiro atoms. The summed E-state index contributed by atoms with van der Waals surface area (Å²) in [5.74, 6) is 2.13. The first-order valence-corrected chi connectivity index (χ1v) is 9.44. The Bertz CT molecular complexity index is 481. The second-order valence-corrected chi connectivity index (χ2v) is 6.75. The summed E-state index contributed by atoms with van der Waals surface area (Å²) < 4.78 is 11.2. The zero-order chi connectivity index (χ0) is 16.5. The Morgan fingerprint density at radius 1 is 1.38 bits per heavy atom. The number of nitrogens with two attached hydrogens (primary N) is 1. The van der Waals surface area contributed by atoms with Crippen LogP contribution in [0.25, 0.3) is 0 Å². The van der Waals surface area contributed by atoms with Crippen molar-refractivity contribution in [3.63, 3.8) is 0 Å². The van der Waals surface area contributed by atoms with Crippen LogP contribution in [0.2, 0.25) is 0 Å². The molecule has 1 aromatic carbocycles. The molecule has 1 aromatic rings. The fourth-order valence-electron chi connectivity index (χ4n) is 2.37. The van der Waals surface area contributed by atoms with Gasteiger partial charge in [-0.2, -0.15) is 11.8 Å². The molecule has 1 aliphatic rings. The van der Waals surface area contributed by atoms with Crippen LogP contribution in [0.4, 0.5) is 5.69 Å². The van der Waals surface area contributed by atoms with Gasteiger partial charge < -0.3 is 20.5 Å². The zero-order valence-electron chi connectivity index (χ0n) is 14.0. The maximum absolute atomic E-state index is 11.9. The van der Waals surface area contributed by atoms with Crippen molar-refractivity contribution in [1.82, 2.24) is 0 Å². The number of rotatable bonds is 8. The molecule has 0 aliphatic carbocycles. The van der Waals surface area contributed by atoms with Gasteiger partial charge in [-0.05, 0) is 61.5 Å². The second kappa shape index (κ2) is 11.6. The molecule has 0 aromatic heterocycles. The van der Waals surface area contributed by atoms with Crippen LogP contribution < -0.4 is 15.8 Å². The van der Waals surface area contributed by atoms with Crippen molar-refractivity contribution >= 4 is 35.8 Å². The van der Waals surface area contributed by atoms with Gasteiger partial charge in [0.25, 0.3) is 0 Å². The third-order valence-electron chi connectivity index (χ3n) is 3.92. The Balaban J connectivity index is 0.00000288. The number of hydrogen-bond donors (Lipinski definition) is 2. The second-order valence-electron chi connectivity index (χ2n) is 5.77. The highest BCUT2D eigenvalue weighted by atomic mass is 35.5. The normalized spacial score (nSPS) is 16.1. The molecule has 136 valence electrons. The quantitative estimate of drug-likeness (QED) is 0.731. The van der Waals surface area contributed by atoms with E-state index in [9.17, 15) is 4.79 Å². The molecular formula is C17H27ClN2O3S. The van der Waals surface area contributed by atoms with Crippen LogP contribution in [0.1, 0.15) is 19.3 Å². The maximum Gasteiger partial charge on any atom is 0.241 e. The minimum Gasteiger partial charge on any atom is -0.493 e. The lowest BCUT2D eigenvalue weighted by Gasteiger charge is -2.22. The number of thioether (sulfide) groups is 1. The molecule has 7 heteroatoms. The van der Waals surface area contributed by atoms with E-state index in [1.807, 2.05) is 30.5 Å². The maximum atomic E-state index is 11.9. The monoisotopic (exact) mass is 374 g/mol. The fraction of sp³-hybridized carbons (Fsp3) is 0.588. The van der Waals surface area contributed by atoms with Gasteiger partial charge in [-0.25, -0.2) is 0 Å². The van der Waals surface area contributed by atoms with Crippen LogP contribution >= 0.6 is 24.2 Å². The van der Waals surface area contributed by atoms with Crippen LogP contribution in [0.15, 0.2) is 24.3 Å². The third-order valence-corrected chi connectivity index (χ3v) is 4.56. The predicted molar refractivity (Wildman–Crippen MR) is 102 cm³/mol. The minimum absolute atomic E-state index is 0. The van der Waals surface area contributed by atoms with E-state index in [1.165, 1.54) is 0 Å². The average molecular weight is 375 g/mol. The molecule has 1 saturated heterocycles. The molecule has 1 atom stereocenters. The lowest BCUT2D eigenvalue weighted by molar-refractivity contribution is -0.117. The first-order chi connectivity index (χ1) is 11.2. The first kappa shape index (κ1) is 21.1. The number of halogens is 1. The van der Waals surface area contributed by atoms with Gasteiger partial charge in [-0.3, -0.25) is 4.79 Å². The lowest BCUT2D eigenvalue weighted by atomic mass is 10.0. The van der Waals surface area contributed by atoms with Crippen molar-refractivity contribution in [2.24, 2.45) is 11.7 Å². The lowest BCUT2D eigenvalue weighted by Crippen LogP contribution is -2.36. The molecule has 1 amide bonds. The first-order valence-electron chi connectivity index (χ1n) is 8.05. The summed E-state index contributed by atoms with van der Waals surface area (Å²) in [6, 6.07) is 6.98. The van der Waals surface area contributed by atoms with Crippen LogP contribution in [0.5, 0.6) is 5.75 Å². The van der Waals surface area contributed by atoms with Crippen LogP contribution in [0.3, 0.4) is 0 Å². The molecule has 24 heavy (non-hydrogen) atoms. The number of carbonyl (C=O) groups is 1. The van der Waals surface area contributed by atoms with Gasteiger partial charge in [-0.15, -0.1) is 12.4 Å². The van der Waals surface area contributed by atoms with E-state index < -0.39 is 6.04 Å². The summed E-state index contributed by atoms with van der Waals surface area (Å²) in [7, 11) is 0. The molecule has 1 heterocycles. The smallest absolute Gasteiger partial charge is 0.241 e. The van der Waals surface area contributed by atoms with Gasteiger partial charge in [0.2, 0.25) is 5.91 Å². The number of hydrogen-bond acceptors (Lipinski definition) is 5. The van der Waals surface area contributed by atoms with Crippen molar-refractivity contribution in [3.8, 4) is 5.75 Å². The van der Waals surface area contributed by atoms with Crippen molar-refractivity contribution in [2.75, 3.05) is 37.1 Å². The number of amides is 1. The Kier molecular flexibility index (Phi) is 10.2. The van der Waals surface area contributed by atoms with Gasteiger partial charge in [0.05, 0.1) is 12.6 Å². The number of nitrogens with one attached hydrogen (secondary N) is 1. The molecule has 2 rings (SSSR count). The highest BCUT2D eigenvalue weighted by molar-refractivity contribution is 7.98. The molecule has 0 bridgehead atoms. The summed E-state index contributed by atoms with van der Waals surface area (Å²) in [5, 5.41) is 2.84. The molecule has 1 fully saturated rings. The number of ether oxygens (including phenoxy) is 2. The highest BCUT2D eigenvalue weighted by Gasteiger charge is 2.15. The number of anilines is 1. The molecule has 1 aliphatic heterocycles. The number of carbonyl (C=O) groups excluding carboxylic acids is 1. The molecular weight excluding hydrogens is 348 g/mol. The topological polar surface area (TPSA) is 73.6 Å². The van der Waals surface area contributed by atoms with E-state index >= 15 is 0 Å². The molecule has 0 saturated carbocycles. The summed E-state index contributed by atoms with van der Waals surface area (Å²) in [6.45, 7) is 2.38. The van der Waals surface area contributed by atoms with Crippen molar-refractivity contribution in [1.29, 1.82) is 0 Å². The van der Waals surface area contributed by atoms with Crippen molar-refractivity contribution in [2.45, 2.75) is 25.3 Å². The predicted octanol–water partition coefficient (Wildman–Crippen LogP) is 2.93. The Morgan fingerprint density at radius 3 is 2.67 bits per heavy atom. The average Bonchev–Trinajstić information content (AvgIpc) is 2.60. The molecule has 3 N–H and O–H groups in total. The molecule has 5 nitrogen and oxygen atoms in total. The van der Waals surface area contributed by atoms with Gasteiger partial charge >= 0.3 is 0 Å². The molecule has 0 radical (unpaired) electrons. The van der Waals surface area contributed by atoms with Crippen molar-refractivity contribution < 1.29 is 14.3 Å². The van der Waals surface area contributed by atoms with E-state index in [2.05, 4.69) is 5.32 Å². The summed E-state index contributed by atoms with van der Waals surface area (Å²) in [5.41, 5.74) is 6.59. The summed E-state index contributed by atoms with van der Waals surface area (Å²) in [6.07, 6.45) is 4.80. The van der Waals surface area contributed by atoms with E-state index in [1.54, 1.807) is 11.8 Å². The Hall–Kier alpha value is -0.950. The minimum atomic E-state index is -0.466. The van der Waals surface area contributed by atoms with E-state index in [0.29, 0.717) is 18.9 Å². The largest absolute Gasteiger partial charge is 0.493 e. The van der Waals surface area contributed by atoms with Gasteiger partial charge in [0.1, 0.15) is 5.75 Å². The summed E-state index contributed by atoms with van der Waals surface area (Å²) >= 11 is 1.69. The van der Waals surface area contributed by atoms with E-state index in [0.717, 1.165) is 43.2 Å². The SMILES string of the molecule is CSCC[C@H](N)C(=O)Nc1ccc(OCC2CCOCC2)cc1.Cl. The number of benzene rings is 1. The van der Waals surface area contributed by atoms with Gasteiger partial charge in [0.15, 0.2) is 0 Å². The Labute approximate surface area is 154 Å². The molecule has 0 unspecified atom stereocenters. The van der Waals surface area contributed by atoms with Crippen LogP contribution in [-0.2, 0) is 9.53 Å². The van der Waals surface area contributed by atoms with Crippen molar-refractivity contribution in [3.05, 3.63) is 24.3 Å². The standard InChI is InChI=1S/C17H26N2O3S.ClH/c1-23-11-8-16(18)17(20)19-14-2-4-15(5-3-14)22-12-13-6-9-21-10-7-13;/h2-5,13,16H,6-12,18H2,1H3,(H,19,20);1H/t16-;/m0./s1. The van der Waals surface area contributed by atoms with Gasteiger partial charge in [0, 0.05) is 18.9 Å². The highest BCUT2D eigenvalue weighted by Crippen LogP contribution is 2.20. The van der Waals surface area contributed by atoms with E-state index in [-0.39, 0.29) is 18.3 Å². The van der Waals surface area contributed by atoms with Crippen LogP contribution in [0, 0.1) is 5.92 Å². The Morgan fingerprint density at radius 2 is 2.04 bits per heavy atom. The fourth-order valence-corrected chi connectivity index (χ4v) is 2.86. The summed E-state index contributed by atoms with van der Waals surface area (Å²) in [4.78, 5) is 11.9. The van der Waals surface area contributed by atoms with Gasteiger partial charge in [-0.1, -0.05) is 0 Å². The third kappa shape index (κ3) is 7.30.